The van der Waals surface area contributed by atoms with Gasteiger partial charge in [0.2, 0.25) is 0 Å². The van der Waals surface area contributed by atoms with Crippen LogP contribution in [0.4, 0.5) is 4.39 Å². The molecule has 166 valence electrons. The molecule has 1 aliphatic heterocycles. The fourth-order valence-corrected chi connectivity index (χ4v) is 5.05. The van der Waals surface area contributed by atoms with Crippen LogP contribution in [0.5, 0.6) is 0 Å². The summed E-state index contributed by atoms with van der Waals surface area (Å²) in [7, 11) is 0. The third kappa shape index (κ3) is 4.30. The fourth-order valence-electron chi connectivity index (χ4n) is 3.93. The second-order valence-electron chi connectivity index (χ2n) is 8.30. The van der Waals surface area contributed by atoms with Gasteiger partial charge in [0.25, 0.3) is 11.8 Å². The molecule has 2 heterocycles. The number of aromatic nitrogens is 1. The monoisotopic (exact) mass is 451 g/mol. The molecule has 0 saturated carbocycles. The maximum absolute atomic E-state index is 13.8. The maximum atomic E-state index is 13.8. The van der Waals surface area contributed by atoms with Gasteiger partial charge in [-0.15, -0.1) is 11.3 Å². The molecule has 0 atom stereocenters. The molecule has 32 heavy (non-hydrogen) atoms. The summed E-state index contributed by atoms with van der Waals surface area (Å²) in [6.07, 6.45) is 0. The fraction of sp³-hybridized carbons (Fsp3) is 0.320. The molecule has 0 aliphatic carbocycles. The number of benzene rings is 2. The lowest BCUT2D eigenvalue weighted by molar-refractivity contribution is 0.0537. The largest absolute Gasteiger partial charge is 0.335 e. The Balaban J connectivity index is 1.45. The Morgan fingerprint density at radius 1 is 0.875 bits per heavy atom. The Morgan fingerprint density at radius 3 is 2.16 bits per heavy atom. The number of carbonyl (C=O) groups excluding carboxylic acids is 2. The van der Waals surface area contributed by atoms with E-state index in [-0.39, 0.29) is 17.6 Å². The number of nitrogens with zero attached hydrogens (tertiary/aromatic N) is 3. The van der Waals surface area contributed by atoms with Crippen molar-refractivity contribution in [2.45, 2.75) is 27.7 Å². The van der Waals surface area contributed by atoms with Crippen LogP contribution in [-0.2, 0) is 0 Å². The highest BCUT2D eigenvalue weighted by molar-refractivity contribution is 7.17. The quantitative estimate of drug-likeness (QED) is 0.576. The molecular formula is C25H26FN3O2S. The van der Waals surface area contributed by atoms with E-state index >= 15 is 0 Å². The summed E-state index contributed by atoms with van der Waals surface area (Å²) >= 11 is 1.42. The molecule has 5 nitrogen and oxygen atoms in total. The van der Waals surface area contributed by atoms with Crippen molar-refractivity contribution in [3.63, 3.8) is 0 Å². The molecule has 1 fully saturated rings. The Hall–Kier alpha value is -3.06. The topological polar surface area (TPSA) is 53.5 Å². The van der Waals surface area contributed by atoms with Crippen molar-refractivity contribution in [2.24, 2.45) is 0 Å². The maximum Gasteiger partial charge on any atom is 0.265 e. The smallest absolute Gasteiger partial charge is 0.265 e. The summed E-state index contributed by atoms with van der Waals surface area (Å²) in [6.45, 7) is 9.35. The number of hydrogen-bond acceptors (Lipinski definition) is 4. The first-order valence-corrected chi connectivity index (χ1v) is 11.5. The van der Waals surface area contributed by atoms with Crippen molar-refractivity contribution in [2.75, 3.05) is 26.2 Å². The van der Waals surface area contributed by atoms with Gasteiger partial charge in [-0.2, -0.15) is 0 Å². The highest BCUT2D eigenvalue weighted by atomic mass is 32.1. The first-order valence-electron chi connectivity index (χ1n) is 10.6. The zero-order chi connectivity index (χ0) is 23.0. The zero-order valence-electron chi connectivity index (χ0n) is 18.7. The van der Waals surface area contributed by atoms with E-state index in [1.54, 1.807) is 28.9 Å². The molecule has 2 aromatic carbocycles. The van der Waals surface area contributed by atoms with Gasteiger partial charge >= 0.3 is 0 Å². The summed E-state index contributed by atoms with van der Waals surface area (Å²) in [5.41, 5.74) is 4.95. The second kappa shape index (κ2) is 8.82. The van der Waals surface area contributed by atoms with Crippen molar-refractivity contribution in [3.8, 4) is 10.6 Å². The number of carbonyl (C=O) groups is 2. The lowest BCUT2D eigenvalue weighted by atomic mass is 10.1. The van der Waals surface area contributed by atoms with Crippen molar-refractivity contribution in [1.29, 1.82) is 0 Å². The van der Waals surface area contributed by atoms with Crippen molar-refractivity contribution in [1.82, 2.24) is 14.8 Å². The van der Waals surface area contributed by atoms with E-state index in [9.17, 15) is 14.0 Å². The lowest BCUT2D eigenvalue weighted by Gasteiger charge is -2.34. The molecule has 0 spiro atoms. The minimum absolute atomic E-state index is 0.0514. The van der Waals surface area contributed by atoms with Crippen molar-refractivity contribution >= 4 is 23.2 Å². The van der Waals surface area contributed by atoms with Crippen LogP contribution < -0.4 is 0 Å². The van der Waals surface area contributed by atoms with Crippen LogP contribution in [0.1, 0.15) is 42.4 Å². The van der Waals surface area contributed by atoms with E-state index in [2.05, 4.69) is 37.0 Å². The normalized spacial score (nSPS) is 14.0. The summed E-state index contributed by atoms with van der Waals surface area (Å²) in [4.78, 5) is 34.6. The SMILES string of the molecule is Cc1ccc(-c2nc(C)c(C(=O)N3CCN(C(=O)c4ccc(C)c(F)c4)CC3)s2)c(C)c1. The van der Waals surface area contributed by atoms with Crippen LogP contribution >= 0.6 is 11.3 Å². The summed E-state index contributed by atoms with van der Waals surface area (Å²) in [6, 6.07) is 10.8. The molecule has 7 heteroatoms. The average Bonchev–Trinajstić information content (AvgIpc) is 3.16. The molecular weight excluding hydrogens is 425 g/mol. The third-order valence-corrected chi connectivity index (χ3v) is 7.05. The number of halogens is 1. The minimum Gasteiger partial charge on any atom is -0.335 e. The number of piperazine rings is 1. The molecule has 3 aromatic rings. The van der Waals surface area contributed by atoms with Crippen LogP contribution in [0, 0.1) is 33.5 Å². The number of aryl methyl sites for hydroxylation is 4. The molecule has 1 aromatic heterocycles. The molecule has 0 N–H and O–H groups in total. The van der Waals surface area contributed by atoms with E-state index in [0.717, 1.165) is 21.8 Å². The second-order valence-corrected chi connectivity index (χ2v) is 9.30. The van der Waals surface area contributed by atoms with Gasteiger partial charge in [0, 0.05) is 37.3 Å². The van der Waals surface area contributed by atoms with Gasteiger partial charge in [-0.1, -0.05) is 29.8 Å². The Bertz CT molecular complexity index is 1200. The van der Waals surface area contributed by atoms with Gasteiger partial charge < -0.3 is 9.80 Å². The molecule has 0 bridgehead atoms. The van der Waals surface area contributed by atoms with Crippen LogP contribution in [0.25, 0.3) is 10.6 Å². The van der Waals surface area contributed by atoms with E-state index in [0.29, 0.717) is 42.2 Å². The van der Waals surface area contributed by atoms with Gasteiger partial charge in [0.05, 0.1) is 5.69 Å². The van der Waals surface area contributed by atoms with Gasteiger partial charge in [-0.25, -0.2) is 9.37 Å². The summed E-state index contributed by atoms with van der Waals surface area (Å²) in [5, 5.41) is 0.846. The molecule has 2 amide bonds. The predicted molar refractivity (Wildman–Crippen MR) is 125 cm³/mol. The van der Waals surface area contributed by atoms with Crippen LogP contribution in [0.15, 0.2) is 36.4 Å². The molecule has 4 rings (SSSR count). The van der Waals surface area contributed by atoms with Gasteiger partial charge in [-0.05, 0) is 51.0 Å². The Labute approximate surface area is 191 Å². The Kier molecular flexibility index (Phi) is 6.11. The Morgan fingerprint density at radius 2 is 1.53 bits per heavy atom. The standard InChI is InChI=1S/C25H26FN3O2S/c1-15-5-8-20(17(3)13-15)23-27-18(4)22(32-23)25(31)29-11-9-28(10-12-29)24(30)19-7-6-16(2)21(26)14-19/h5-8,13-14H,9-12H2,1-4H3. The van der Waals surface area contributed by atoms with Gasteiger partial charge in [0.1, 0.15) is 15.7 Å². The molecule has 0 radical (unpaired) electrons. The number of thiazole rings is 1. The molecule has 1 aliphatic rings. The van der Waals surface area contributed by atoms with E-state index < -0.39 is 0 Å². The number of hydrogen-bond donors (Lipinski definition) is 0. The van der Waals surface area contributed by atoms with Crippen LogP contribution in [0.3, 0.4) is 0 Å². The highest BCUT2D eigenvalue weighted by Gasteiger charge is 2.28. The number of amides is 2. The first-order chi connectivity index (χ1) is 15.2. The zero-order valence-corrected chi connectivity index (χ0v) is 19.6. The van der Waals surface area contributed by atoms with E-state index in [4.69, 9.17) is 0 Å². The highest BCUT2D eigenvalue weighted by Crippen LogP contribution is 2.31. The summed E-state index contributed by atoms with van der Waals surface area (Å²) in [5.74, 6) is -0.642. The van der Waals surface area contributed by atoms with Gasteiger partial charge in [-0.3, -0.25) is 9.59 Å². The predicted octanol–water partition coefficient (Wildman–Crippen LogP) is 4.78. The minimum atomic E-state index is -0.384. The van der Waals surface area contributed by atoms with Crippen molar-refractivity contribution < 1.29 is 14.0 Å². The average molecular weight is 452 g/mol. The van der Waals surface area contributed by atoms with Crippen LogP contribution in [-0.4, -0.2) is 52.8 Å². The summed E-state index contributed by atoms with van der Waals surface area (Å²) < 4.78 is 13.8. The van der Waals surface area contributed by atoms with Crippen LogP contribution in [0.2, 0.25) is 0 Å². The first kappa shape index (κ1) is 22.1. The number of rotatable bonds is 3. The van der Waals surface area contributed by atoms with Gasteiger partial charge in [0.15, 0.2) is 0 Å². The van der Waals surface area contributed by atoms with E-state index in [1.807, 2.05) is 6.92 Å². The lowest BCUT2D eigenvalue weighted by Crippen LogP contribution is -2.50. The van der Waals surface area contributed by atoms with Crippen molar-refractivity contribution in [3.05, 3.63) is 75.0 Å². The molecule has 1 saturated heterocycles. The third-order valence-electron chi connectivity index (χ3n) is 5.88. The molecule has 0 unspecified atom stereocenters. The van der Waals surface area contributed by atoms with E-state index in [1.165, 1.54) is 23.0 Å².